The molecule has 27 heavy (non-hydrogen) atoms. The molecule has 0 aliphatic carbocycles. The maximum Gasteiger partial charge on any atom is 0.280 e. The van der Waals surface area contributed by atoms with E-state index in [1.54, 1.807) is 0 Å². The molecular formula is C21H37N4O2+. The molecule has 2 saturated heterocycles. The Morgan fingerprint density at radius 2 is 1.81 bits per heavy atom. The summed E-state index contributed by atoms with van der Waals surface area (Å²) in [6.45, 7) is 12.0. The normalized spacial score (nSPS) is 27.5. The third-order valence-corrected chi connectivity index (χ3v) is 6.62. The molecule has 0 spiro atoms. The molecule has 0 bridgehead atoms. The average Bonchev–Trinajstić information content (AvgIpc) is 3.12. The van der Waals surface area contributed by atoms with E-state index in [1.807, 2.05) is 4.90 Å². The number of hydrogen-bond donors (Lipinski definition) is 1. The van der Waals surface area contributed by atoms with Crippen molar-refractivity contribution in [2.24, 2.45) is 11.8 Å². The number of carbonyl (C=O) groups excluding carboxylic acids is 1. The number of hydrogen-bond acceptors (Lipinski definition) is 3. The third kappa shape index (κ3) is 4.91. The molecule has 6 nitrogen and oxygen atoms in total. The van der Waals surface area contributed by atoms with Crippen LogP contribution in [0.1, 0.15) is 71.0 Å². The molecule has 0 aromatic carbocycles. The molecular weight excluding hydrogens is 340 g/mol. The minimum Gasteiger partial charge on any atom is -0.338 e. The molecule has 0 unspecified atom stereocenters. The summed E-state index contributed by atoms with van der Waals surface area (Å²) in [7, 11) is 0. The number of nitrogens with zero attached hydrogens (tertiary/aromatic N) is 4. The Labute approximate surface area is 163 Å². The highest BCUT2D eigenvalue weighted by atomic mass is 16.5. The van der Waals surface area contributed by atoms with Crippen LogP contribution in [-0.2, 0) is 4.79 Å². The van der Waals surface area contributed by atoms with Crippen molar-refractivity contribution in [2.75, 3.05) is 32.7 Å². The van der Waals surface area contributed by atoms with Crippen molar-refractivity contribution < 1.29 is 14.6 Å². The van der Waals surface area contributed by atoms with Gasteiger partial charge in [-0.1, -0.05) is 27.7 Å². The van der Waals surface area contributed by atoms with Crippen molar-refractivity contribution in [3.63, 3.8) is 0 Å². The highest BCUT2D eigenvalue weighted by Crippen LogP contribution is 2.28. The number of carbonyl (C=O) groups is 1. The highest BCUT2D eigenvalue weighted by Gasteiger charge is 2.38. The minimum absolute atomic E-state index is 0.0705. The number of piperidine rings is 2. The molecule has 6 heteroatoms. The molecule has 2 aliphatic rings. The lowest BCUT2D eigenvalue weighted by Crippen LogP contribution is -2.56. The molecule has 152 valence electrons. The van der Waals surface area contributed by atoms with Crippen molar-refractivity contribution >= 4 is 5.91 Å². The average molecular weight is 378 g/mol. The topological polar surface area (TPSA) is 58.4 Å². The first-order chi connectivity index (χ1) is 12.8. The van der Waals surface area contributed by atoms with Gasteiger partial charge in [-0.15, -0.1) is 0 Å². The lowest BCUT2D eigenvalue weighted by Gasteiger charge is -2.39. The second-order valence-electron chi connectivity index (χ2n) is 9.27. The largest absolute Gasteiger partial charge is 0.338 e. The molecule has 0 saturated carbocycles. The van der Waals surface area contributed by atoms with Crippen LogP contribution in [-0.4, -0.2) is 63.2 Å². The number of likely N-dealkylation sites (tertiary alicyclic amines) is 2. The van der Waals surface area contributed by atoms with E-state index in [2.05, 4.69) is 44.6 Å². The van der Waals surface area contributed by atoms with Gasteiger partial charge in [0.25, 0.3) is 5.91 Å². The molecule has 1 aromatic heterocycles. The first-order valence-corrected chi connectivity index (χ1v) is 10.7. The van der Waals surface area contributed by atoms with Gasteiger partial charge in [-0.05, 0) is 36.7 Å². The Morgan fingerprint density at radius 3 is 2.33 bits per heavy atom. The van der Waals surface area contributed by atoms with Gasteiger partial charge in [0.1, 0.15) is 13.1 Å². The summed E-state index contributed by atoms with van der Waals surface area (Å²) in [4.78, 5) is 14.7. The van der Waals surface area contributed by atoms with Gasteiger partial charge in [-0.3, -0.25) is 9.48 Å². The van der Waals surface area contributed by atoms with Gasteiger partial charge in [0.2, 0.25) is 0 Å². The fraction of sp³-hybridized carbons (Fsp3) is 0.810. The van der Waals surface area contributed by atoms with Crippen LogP contribution in [0.25, 0.3) is 0 Å². The second-order valence-corrected chi connectivity index (χ2v) is 9.27. The molecule has 1 aromatic rings. The van der Waals surface area contributed by atoms with Crippen LogP contribution in [0.5, 0.6) is 0 Å². The van der Waals surface area contributed by atoms with Gasteiger partial charge in [0, 0.05) is 32.1 Å². The number of hydroxylamine groups is 3. The van der Waals surface area contributed by atoms with Crippen LogP contribution in [0.15, 0.2) is 12.3 Å². The zero-order chi connectivity index (χ0) is 19.6. The number of aromatic nitrogens is 2. The maximum absolute atomic E-state index is 12.8. The van der Waals surface area contributed by atoms with Crippen molar-refractivity contribution in [2.45, 2.75) is 65.3 Å². The summed E-state index contributed by atoms with van der Waals surface area (Å²) in [6, 6.07) is 2.48. The van der Waals surface area contributed by atoms with E-state index >= 15 is 0 Å². The molecule has 0 radical (unpaired) electrons. The third-order valence-electron chi connectivity index (χ3n) is 6.62. The smallest absolute Gasteiger partial charge is 0.280 e. The monoisotopic (exact) mass is 377 g/mol. The second kappa shape index (κ2) is 8.31. The summed E-state index contributed by atoms with van der Waals surface area (Å²) >= 11 is 0. The fourth-order valence-electron chi connectivity index (χ4n) is 4.49. The zero-order valence-corrected chi connectivity index (χ0v) is 17.5. The zero-order valence-electron chi connectivity index (χ0n) is 17.5. The van der Waals surface area contributed by atoms with Gasteiger partial charge >= 0.3 is 0 Å². The number of amides is 1. The molecule has 3 heterocycles. The van der Waals surface area contributed by atoms with Crippen LogP contribution < -0.4 is 0 Å². The van der Waals surface area contributed by atoms with E-state index in [4.69, 9.17) is 5.10 Å². The van der Waals surface area contributed by atoms with Crippen LogP contribution >= 0.6 is 0 Å². The van der Waals surface area contributed by atoms with Crippen molar-refractivity contribution in [1.29, 1.82) is 0 Å². The highest BCUT2D eigenvalue weighted by molar-refractivity contribution is 5.77. The SMILES string of the molecule is CC(C)c1ccn(C2CCN(C(=O)C[N+]3(O)CCC(C(C)C)CC3)CC2)n1. The van der Waals surface area contributed by atoms with Crippen LogP contribution in [0.2, 0.25) is 0 Å². The van der Waals surface area contributed by atoms with E-state index < -0.39 is 0 Å². The van der Waals surface area contributed by atoms with Gasteiger partial charge in [0.05, 0.1) is 11.7 Å². The van der Waals surface area contributed by atoms with Gasteiger partial charge in [0.15, 0.2) is 6.54 Å². The van der Waals surface area contributed by atoms with E-state index in [-0.39, 0.29) is 17.1 Å². The van der Waals surface area contributed by atoms with E-state index in [0.717, 1.165) is 44.5 Å². The quantitative estimate of drug-likeness (QED) is 0.800. The Morgan fingerprint density at radius 1 is 1.19 bits per heavy atom. The molecule has 0 atom stereocenters. The maximum atomic E-state index is 12.8. The van der Waals surface area contributed by atoms with Gasteiger partial charge in [-0.2, -0.15) is 9.75 Å². The Kier molecular flexibility index (Phi) is 6.26. The standard InChI is InChI=1S/C21H37N4O2/c1-16(2)18-8-13-25(27,14-9-18)15-21(26)23-10-5-19(6-11-23)24-12-7-20(22-24)17(3)4/h7,12,16-19,27H,5-6,8-11,13-15H2,1-4H3/q+1. The van der Waals surface area contributed by atoms with E-state index in [1.165, 1.54) is 0 Å². The Hall–Kier alpha value is -1.40. The summed E-state index contributed by atoms with van der Waals surface area (Å²) in [6.07, 6.45) is 5.98. The van der Waals surface area contributed by atoms with Crippen molar-refractivity contribution in [3.8, 4) is 0 Å². The van der Waals surface area contributed by atoms with Crippen LogP contribution in [0.3, 0.4) is 0 Å². The number of rotatable bonds is 5. The summed E-state index contributed by atoms with van der Waals surface area (Å²) in [5.41, 5.74) is 1.13. The summed E-state index contributed by atoms with van der Waals surface area (Å²) < 4.78 is 2.01. The lowest BCUT2D eigenvalue weighted by molar-refractivity contribution is -1.10. The Balaban J connectivity index is 1.48. The molecule has 2 aliphatic heterocycles. The first kappa shape index (κ1) is 20.3. The first-order valence-electron chi connectivity index (χ1n) is 10.7. The van der Waals surface area contributed by atoms with E-state index in [9.17, 15) is 10.0 Å². The van der Waals surface area contributed by atoms with Gasteiger partial charge in [-0.25, -0.2) is 5.21 Å². The number of quaternary nitrogens is 1. The minimum atomic E-state index is -0.0705. The van der Waals surface area contributed by atoms with E-state index in [0.29, 0.717) is 36.9 Å². The molecule has 3 rings (SSSR count). The predicted octanol–water partition coefficient (Wildman–Crippen LogP) is 3.44. The van der Waals surface area contributed by atoms with Crippen LogP contribution in [0.4, 0.5) is 0 Å². The molecule has 2 fully saturated rings. The summed E-state index contributed by atoms with van der Waals surface area (Å²) in [5, 5.41) is 15.5. The van der Waals surface area contributed by atoms with Gasteiger partial charge < -0.3 is 4.90 Å². The van der Waals surface area contributed by atoms with Crippen molar-refractivity contribution in [3.05, 3.63) is 18.0 Å². The van der Waals surface area contributed by atoms with Crippen LogP contribution in [0, 0.1) is 11.8 Å². The molecule has 1 N–H and O–H groups in total. The fourth-order valence-corrected chi connectivity index (χ4v) is 4.49. The summed E-state index contributed by atoms with van der Waals surface area (Å²) in [5.74, 6) is 1.88. The Bertz CT molecular complexity index is 624. The predicted molar refractivity (Wildman–Crippen MR) is 105 cm³/mol. The lowest BCUT2D eigenvalue weighted by atomic mass is 9.86. The molecule has 1 amide bonds. The van der Waals surface area contributed by atoms with Crippen molar-refractivity contribution in [1.82, 2.24) is 14.7 Å².